The van der Waals surface area contributed by atoms with E-state index in [9.17, 15) is 9.18 Å². The van der Waals surface area contributed by atoms with Crippen LogP contribution in [0.4, 0.5) is 4.39 Å². The van der Waals surface area contributed by atoms with Crippen LogP contribution < -0.4 is 5.73 Å². The minimum absolute atomic E-state index is 0.115. The van der Waals surface area contributed by atoms with Crippen molar-refractivity contribution in [1.29, 1.82) is 0 Å². The fourth-order valence-corrected chi connectivity index (χ4v) is 1.53. The number of nitrogens with zero attached hydrogens (tertiary/aromatic N) is 1. The van der Waals surface area contributed by atoms with Gasteiger partial charge in [0.1, 0.15) is 5.82 Å². The third-order valence-electron chi connectivity index (χ3n) is 2.44. The molecular weight excluding hydrogens is 235 g/mol. The van der Waals surface area contributed by atoms with Gasteiger partial charge in [-0.1, -0.05) is 6.92 Å². The SMILES string of the molecule is CC/C(N)=C(/C=NC)c1cc(F)cc(C(=O)O)c1. The van der Waals surface area contributed by atoms with Crippen LogP contribution in [0.2, 0.25) is 0 Å². The maximum Gasteiger partial charge on any atom is 0.335 e. The number of aliphatic imine (C=N–C) groups is 1. The average molecular weight is 250 g/mol. The number of hydrogen-bond donors (Lipinski definition) is 2. The number of carboxylic acid groups (broad SMARTS) is 1. The van der Waals surface area contributed by atoms with Gasteiger partial charge in [0.05, 0.1) is 5.56 Å². The number of rotatable bonds is 4. The summed E-state index contributed by atoms with van der Waals surface area (Å²) in [5, 5.41) is 8.89. The number of halogens is 1. The summed E-state index contributed by atoms with van der Waals surface area (Å²) >= 11 is 0. The molecule has 0 aliphatic heterocycles. The van der Waals surface area contributed by atoms with Gasteiger partial charge in [-0.2, -0.15) is 0 Å². The van der Waals surface area contributed by atoms with Crippen molar-refractivity contribution < 1.29 is 14.3 Å². The number of hydrogen-bond acceptors (Lipinski definition) is 3. The van der Waals surface area contributed by atoms with Crippen molar-refractivity contribution in [2.24, 2.45) is 10.7 Å². The molecule has 1 aromatic carbocycles. The molecule has 18 heavy (non-hydrogen) atoms. The molecule has 4 nitrogen and oxygen atoms in total. The lowest BCUT2D eigenvalue weighted by Crippen LogP contribution is -2.05. The Kier molecular flexibility index (Phi) is 4.59. The first-order chi connectivity index (χ1) is 8.49. The highest BCUT2D eigenvalue weighted by Crippen LogP contribution is 2.19. The van der Waals surface area contributed by atoms with E-state index in [1.54, 1.807) is 7.05 Å². The summed E-state index contributed by atoms with van der Waals surface area (Å²) in [4.78, 5) is 14.7. The van der Waals surface area contributed by atoms with Crippen LogP contribution in [0.5, 0.6) is 0 Å². The van der Waals surface area contributed by atoms with Gasteiger partial charge in [-0.25, -0.2) is 9.18 Å². The van der Waals surface area contributed by atoms with E-state index in [1.807, 2.05) is 6.92 Å². The van der Waals surface area contributed by atoms with Crippen molar-refractivity contribution in [2.75, 3.05) is 7.05 Å². The molecule has 0 amide bonds. The number of benzene rings is 1. The lowest BCUT2D eigenvalue weighted by atomic mass is 10.0. The molecule has 0 aliphatic carbocycles. The molecule has 0 saturated heterocycles. The van der Waals surface area contributed by atoms with Crippen LogP contribution in [-0.2, 0) is 0 Å². The van der Waals surface area contributed by atoms with Crippen LogP contribution in [-0.4, -0.2) is 24.3 Å². The van der Waals surface area contributed by atoms with Crippen molar-refractivity contribution in [3.63, 3.8) is 0 Å². The van der Waals surface area contributed by atoms with Crippen LogP contribution >= 0.6 is 0 Å². The molecule has 0 saturated carbocycles. The third-order valence-corrected chi connectivity index (χ3v) is 2.44. The molecule has 0 aromatic heterocycles. The van der Waals surface area contributed by atoms with Crippen molar-refractivity contribution in [2.45, 2.75) is 13.3 Å². The largest absolute Gasteiger partial charge is 0.478 e. The van der Waals surface area contributed by atoms with Gasteiger partial charge in [0.15, 0.2) is 0 Å². The summed E-state index contributed by atoms with van der Waals surface area (Å²) < 4.78 is 13.4. The third kappa shape index (κ3) is 3.16. The summed E-state index contributed by atoms with van der Waals surface area (Å²) in [6.45, 7) is 1.86. The van der Waals surface area contributed by atoms with E-state index in [0.29, 0.717) is 23.3 Å². The van der Waals surface area contributed by atoms with Crippen molar-refractivity contribution in [1.82, 2.24) is 0 Å². The highest BCUT2D eigenvalue weighted by atomic mass is 19.1. The lowest BCUT2D eigenvalue weighted by Gasteiger charge is -2.08. The van der Waals surface area contributed by atoms with E-state index < -0.39 is 11.8 Å². The predicted octanol–water partition coefficient (Wildman–Crippen LogP) is 2.30. The molecule has 3 N–H and O–H groups in total. The number of carbonyl (C=O) groups is 1. The smallest absolute Gasteiger partial charge is 0.335 e. The molecule has 1 aromatic rings. The van der Waals surface area contributed by atoms with E-state index in [0.717, 1.165) is 6.07 Å². The molecule has 96 valence electrons. The summed E-state index contributed by atoms with van der Waals surface area (Å²) in [7, 11) is 1.57. The van der Waals surface area contributed by atoms with Crippen LogP contribution in [0.15, 0.2) is 28.9 Å². The number of aromatic carboxylic acids is 1. The van der Waals surface area contributed by atoms with Gasteiger partial charge in [-0.3, -0.25) is 4.99 Å². The molecule has 1 rings (SSSR count). The number of allylic oxidation sites excluding steroid dienone is 2. The second kappa shape index (κ2) is 5.95. The Morgan fingerprint density at radius 2 is 2.06 bits per heavy atom. The van der Waals surface area contributed by atoms with Gasteiger partial charge in [0.25, 0.3) is 0 Å². The van der Waals surface area contributed by atoms with Crippen molar-refractivity contribution >= 4 is 17.8 Å². The number of nitrogens with two attached hydrogens (primary N) is 1. The summed E-state index contributed by atoms with van der Waals surface area (Å²) in [6.07, 6.45) is 2.07. The zero-order chi connectivity index (χ0) is 13.7. The van der Waals surface area contributed by atoms with E-state index in [4.69, 9.17) is 10.8 Å². The first kappa shape index (κ1) is 13.9. The van der Waals surface area contributed by atoms with Crippen molar-refractivity contribution in [3.05, 3.63) is 40.8 Å². The van der Waals surface area contributed by atoms with Crippen molar-refractivity contribution in [3.8, 4) is 0 Å². The Morgan fingerprint density at radius 3 is 2.56 bits per heavy atom. The molecule has 0 bridgehead atoms. The minimum Gasteiger partial charge on any atom is -0.478 e. The summed E-state index contributed by atoms with van der Waals surface area (Å²) in [6, 6.07) is 3.59. The first-order valence-electron chi connectivity index (χ1n) is 5.44. The maximum absolute atomic E-state index is 13.4. The molecule has 0 radical (unpaired) electrons. The van der Waals surface area contributed by atoms with E-state index in [1.165, 1.54) is 18.3 Å². The molecular formula is C13H15FN2O2. The molecule has 5 heteroatoms. The van der Waals surface area contributed by atoms with Gasteiger partial charge in [-0.15, -0.1) is 0 Å². The molecule has 0 heterocycles. The highest BCUT2D eigenvalue weighted by molar-refractivity contribution is 6.11. The normalized spacial score (nSPS) is 12.6. The topological polar surface area (TPSA) is 75.7 Å². The van der Waals surface area contributed by atoms with E-state index >= 15 is 0 Å². The maximum atomic E-state index is 13.4. The Morgan fingerprint density at radius 1 is 1.44 bits per heavy atom. The predicted molar refractivity (Wildman–Crippen MR) is 69.2 cm³/mol. The zero-order valence-electron chi connectivity index (χ0n) is 10.3. The van der Waals surface area contributed by atoms with E-state index in [-0.39, 0.29) is 5.56 Å². The van der Waals surface area contributed by atoms with Gasteiger partial charge >= 0.3 is 5.97 Å². The lowest BCUT2D eigenvalue weighted by molar-refractivity contribution is 0.0696. The van der Waals surface area contributed by atoms with Crippen LogP contribution in [0.25, 0.3) is 5.57 Å². The van der Waals surface area contributed by atoms with E-state index in [2.05, 4.69) is 4.99 Å². The highest BCUT2D eigenvalue weighted by Gasteiger charge is 2.11. The fourth-order valence-electron chi connectivity index (χ4n) is 1.53. The molecule has 0 aliphatic rings. The van der Waals surface area contributed by atoms with Gasteiger partial charge in [0.2, 0.25) is 0 Å². The standard InChI is InChI=1S/C13H15FN2O2/c1-3-12(15)11(7-16-2)8-4-9(13(17)18)6-10(14)5-8/h4-7H,3,15H2,1-2H3,(H,17,18)/b12-11+,16-7?. The first-order valence-corrected chi connectivity index (χ1v) is 5.44. The number of carboxylic acids is 1. The van der Waals surface area contributed by atoms with Crippen LogP contribution in [0.1, 0.15) is 29.3 Å². The Bertz CT molecular complexity index is 522. The monoisotopic (exact) mass is 250 g/mol. The summed E-state index contributed by atoms with van der Waals surface area (Å²) in [5.74, 6) is -1.80. The molecule has 0 fully saturated rings. The van der Waals surface area contributed by atoms with Gasteiger partial charge < -0.3 is 10.8 Å². The van der Waals surface area contributed by atoms with Crippen LogP contribution in [0.3, 0.4) is 0 Å². The molecule has 0 unspecified atom stereocenters. The van der Waals surface area contributed by atoms with Gasteiger partial charge in [0, 0.05) is 24.5 Å². The van der Waals surface area contributed by atoms with Gasteiger partial charge in [-0.05, 0) is 30.2 Å². The zero-order valence-corrected chi connectivity index (χ0v) is 10.3. The molecule has 0 atom stereocenters. The Hall–Kier alpha value is -2.17. The fraction of sp³-hybridized carbons (Fsp3) is 0.231. The quantitative estimate of drug-likeness (QED) is 0.805. The molecule has 0 spiro atoms. The Labute approximate surface area is 105 Å². The summed E-state index contributed by atoms with van der Waals surface area (Å²) in [5.41, 5.74) is 7.20. The second-order valence-electron chi connectivity index (χ2n) is 3.71. The second-order valence-corrected chi connectivity index (χ2v) is 3.71. The average Bonchev–Trinajstić information content (AvgIpc) is 2.34. The van der Waals surface area contributed by atoms with Crippen LogP contribution in [0, 0.1) is 5.82 Å². The minimum atomic E-state index is -1.18. The Balaban J connectivity index is 3.42.